The fourth-order valence-electron chi connectivity index (χ4n) is 1.69. The molecule has 0 bridgehead atoms. The van der Waals surface area contributed by atoms with Gasteiger partial charge >= 0.3 is 0 Å². The van der Waals surface area contributed by atoms with Crippen LogP contribution < -0.4 is 14.2 Å². The Balaban J connectivity index is 2.94. The minimum atomic E-state index is 0.484. The van der Waals surface area contributed by atoms with Gasteiger partial charge in [-0.25, -0.2) is 4.98 Å². The highest BCUT2D eigenvalue weighted by molar-refractivity contribution is 7.71. The maximum atomic E-state index is 5.34. The van der Waals surface area contributed by atoms with Gasteiger partial charge in [-0.3, -0.25) is 0 Å². The average Bonchev–Trinajstić information content (AvgIpc) is 2.36. The van der Waals surface area contributed by atoms with Crippen LogP contribution in [-0.2, 0) is 0 Å². The smallest absolute Gasteiger partial charge is 0.205 e. The SMILES string of the molecule is COc1cc2c(=S)nc[nH]c2c(OC)c1OC. The molecular formula is C11H12N2O3S. The van der Waals surface area contributed by atoms with Crippen LogP contribution in [-0.4, -0.2) is 31.3 Å². The number of H-pyrrole nitrogens is 1. The summed E-state index contributed by atoms with van der Waals surface area (Å²) in [7, 11) is 4.68. The van der Waals surface area contributed by atoms with E-state index in [1.807, 2.05) is 0 Å². The van der Waals surface area contributed by atoms with Crippen LogP contribution in [0.5, 0.6) is 17.2 Å². The van der Waals surface area contributed by atoms with Gasteiger partial charge in [-0.1, -0.05) is 12.2 Å². The topological polar surface area (TPSA) is 56.4 Å². The molecule has 2 rings (SSSR count). The Hall–Kier alpha value is -1.82. The van der Waals surface area contributed by atoms with E-state index in [0.29, 0.717) is 21.9 Å². The molecule has 0 aliphatic rings. The molecule has 0 aliphatic carbocycles. The molecule has 1 aromatic carbocycles. The van der Waals surface area contributed by atoms with E-state index in [4.69, 9.17) is 26.4 Å². The zero-order valence-corrected chi connectivity index (χ0v) is 10.6. The lowest BCUT2D eigenvalue weighted by Crippen LogP contribution is -1.97. The van der Waals surface area contributed by atoms with Crippen molar-refractivity contribution in [3.05, 3.63) is 17.0 Å². The predicted octanol–water partition coefficient (Wildman–Crippen LogP) is 2.32. The second kappa shape index (κ2) is 4.58. The van der Waals surface area contributed by atoms with Crippen molar-refractivity contribution in [3.63, 3.8) is 0 Å². The van der Waals surface area contributed by atoms with Crippen LogP contribution in [0.1, 0.15) is 0 Å². The molecule has 0 unspecified atom stereocenters. The number of fused-ring (bicyclic) bond motifs is 1. The molecule has 0 spiro atoms. The van der Waals surface area contributed by atoms with Gasteiger partial charge in [0.05, 0.1) is 33.2 Å². The van der Waals surface area contributed by atoms with E-state index >= 15 is 0 Å². The molecule has 2 aromatic rings. The fourth-order valence-corrected chi connectivity index (χ4v) is 1.91. The molecule has 0 atom stereocenters. The van der Waals surface area contributed by atoms with Gasteiger partial charge in [0.2, 0.25) is 5.75 Å². The number of benzene rings is 1. The van der Waals surface area contributed by atoms with Crippen LogP contribution in [0.25, 0.3) is 10.9 Å². The minimum absolute atomic E-state index is 0.484. The highest BCUT2D eigenvalue weighted by Gasteiger charge is 2.16. The number of ether oxygens (including phenoxy) is 3. The van der Waals surface area contributed by atoms with Crippen LogP contribution >= 0.6 is 12.2 Å². The van der Waals surface area contributed by atoms with E-state index in [1.54, 1.807) is 27.4 Å². The normalized spacial score (nSPS) is 10.3. The Morgan fingerprint density at radius 1 is 1.12 bits per heavy atom. The number of rotatable bonds is 3. The summed E-state index contributed by atoms with van der Waals surface area (Å²) in [4.78, 5) is 7.02. The first kappa shape index (κ1) is 11.7. The van der Waals surface area contributed by atoms with Gasteiger partial charge < -0.3 is 19.2 Å². The summed E-state index contributed by atoms with van der Waals surface area (Å²) < 4.78 is 16.4. The van der Waals surface area contributed by atoms with Gasteiger partial charge in [0, 0.05) is 5.39 Å². The summed E-state index contributed by atoms with van der Waals surface area (Å²) in [6.45, 7) is 0. The third kappa shape index (κ3) is 1.80. The fraction of sp³-hybridized carbons (Fsp3) is 0.273. The van der Waals surface area contributed by atoms with Crippen molar-refractivity contribution in [1.29, 1.82) is 0 Å². The molecule has 0 saturated carbocycles. The van der Waals surface area contributed by atoms with Gasteiger partial charge in [0.15, 0.2) is 11.5 Å². The summed E-state index contributed by atoms with van der Waals surface area (Å²) in [5.74, 6) is 1.64. The lowest BCUT2D eigenvalue weighted by Gasteiger charge is -2.14. The van der Waals surface area contributed by atoms with Gasteiger partial charge in [-0.05, 0) is 6.07 Å². The Kier molecular flexibility index (Phi) is 3.14. The molecule has 5 nitrogen and oxygen atoms in total. The minimum Gasteiger partial charge on any atom is -0.493 e. The van der Waals surface area contributed by atoms with E-state index in [1.165, 1.54) is 6.33 Å². The first-order valence-electron chi connectivity index (χ1n) is 4.89. The van der Waals surface area contributed by atoms with Crippen molar-refractivity contribution in [2.45, 2.75) is 0 Å². The number of aromatic nitrogens is 2. The van der Waals surface area contributed by atoms with E-state index in [2.05, 4.69) is 9.97 Å². The summed E-state index contributed by atoms with van der Waals surface area (Å²) >= 11 is 5.17. The largest absolute Gasteiger partial charge is 0.493 e. The third-order valence-corrected chi connectivity index (χ3v) is 2.78. The van der Waals surface area contributed by atoms with Crippen LogP contribution in [0, 0.1) is 4.64 Å². The van der Waals surface area contributed by atoms with Gasteiger partial charge in [0.1, 0.15) is 4.64 Å². The zero-order valence-electron chi connectivity index (χ0n) is 9.73. The molecule has 0 amide bonds. The molecular weight excluding hydrogens is 240 g/mol. The highest BCUT2D eigenvalue weighted by Crippen LogP contribution is 2.42. The third-order valence-electron chi connectivity index (χ3n) is 2.45. The summed E-state index contributed by atoms with van der Waals surface area (Å²) in [5, 5.41) is 0.761. The first-order chi connectivity index (χ1) is 8.22. The van der Waals surface area contributed by atoms with Crippen LogP contribution in [0.4, 0.5) is 0 Å². The zero-order chi connectivity index (χ0) is 12.4. The monoisotopic (exact) mass is 252 g/mol. The molecule has 90 valence electrons. The van der Waals surface area contributed by atoms with Crippen molar-refractivity contribution >= 4 is 23.1 Å². The lowest BCUT2D eigenvalue weighted by molar-refractivity contribution is 0.327. The quantitative estimate of drug-likeness (QED) is 0.849. The highest BCUT2D eigenvalue weighted by atomic mass is 32.1. The Labute approximate surface area is 103 Å². The second-order valence-corrected chi connectivity index (χ2v) is 3.66. The maximum absolute atomic E-state index is 5.34. The number of hydrogen-bond donors (Lipinski definition) is 1. The van der Waals surface area contributed by atoms with Crippen molar-refractivity contribution in [1.82, 2.24) is 9.97 Å². The molecule has 6 heteroatoms. The van der Waals surface area contributed by atoms with Crippen LogP contribution in [0.15, 0.2) is 12.4 Å². The average molecular weight is 252 g/mol. The molecule has 1 N–H and O–H groups in total. The van der Waals surface area contributed by atoms with Gasteiger partial charge in [0.25, 0.3) is 0 Å². The first-order valence-corrected chi connectivity index (χ1v) is 5.30. The number of nitrogens with zero attached hydrogens (tertiary/aromatic N) is 1. The molecule has 17 heavy (non-hydrogen) atoms. The molecule has 1 aromatic heterocycles. The molecule has 0 aliphatic heterocycles. The van der Waals surface area contributed by atoms with Crippen LogP contribution in [0.2, 0.25) is 0 Å². The molecule has 0 saturated heterocycles. The Morgan fingerprint density at radius 2 is 1.82 bits per heavy atom. The number of nitrogens with one attached hydrogen (secondary N) is 1. The van der Waals surface area contributed by atoms with Crippen LogP contribution in [0.3, 0.4) is 0 Å². The van der Waals surface area contributed by atoms with E-state index in [9.17, 15) is 0 Å². The number of aromatic amines is 1. The standard InChI is InChI=1S/C11H12N2O3S/c1-14-7-4-6-8(12-5-13-11(6)17)10(16-3)9(7)15-2/h4-5H,1-3H3,(H,12,13,17). The van der Waals surface area contributed by atoms with Crippen molar-refractivity contribution < 1.29 is 14.2 Å². The van der Waals surface area contributed by atoms with Crippen molar-refractivity contribution in [2.75, 3.05) is 21.3 Å². The van der Waals surface area contributed by atoms with E-state index < -0.39 is 0 Å². The van der Waals surface area contributed by atoms with Crippen molar-refractivity contribution in [2.24, 2.45) is 0 Å². The Bertz CT molecular complexity index is 609. The van der Waals surface area contributed by atoms with E-state index in [0.717, 1.165) is 10.9 Å². The lowest BCUT2D eigenvalue weighted by atomic mass is 10.2. The number of methoxy groups -OCH3 is 3. The summed E-state index contributed by atoms with van der Waals surface area (Å²) in [6.07, 6.45) is 1.53. The summed E-state index contributed by atoms with van der Waals surface area (Å²) in [5.41, 5.74) is 0.741. The Morgan fingerprint density at radius 3 is 2.41 bits per heavy atom. The predicted molar refractivity (Wildman–Crippen MR) is 66.6 cm³/mol. The molecule has 0 fully saturated rings. The van der Waals surface area contributed by atoms with Gasteiger partial charge in [-0.2, -0.15) is 0 Å². The van der Waals surface area contributed by atoms with Crippen molar-refractivity contribution in [3.8, 4) is 17.2 Å². The van der Waals surface area contributed by atoms with E-state index in [-0.39, 0.29) is 0 Å². The second-order valence-electron chi connectivity index (χ2n) is 3.28. The molecule has 1 heterocycles. The summed E-state index contributed by atoms with van der Waals surface area (Å²) in [6, 6.07) is 1.78. The maximum Gasteiger partial charge on any atom is 0.205 e. The molecule has 0 radical (unpaired) electrons. The number of hydrogen-bond acceptors (Lipinski definition) is 5. The van der Waals surface area contributed by atoms with Gasteiger partial charge in [-0.15, -0.1) is 0 Å².